The van der Waals surface area contributed by atoms with Gasteiger partial charge in [-0.2, -0.15) is 0 Å². The number of halogens is 2. The molecular weight excluding hydrogens is 295 g/mol. The molecule has 0 saturated heterocycles. The summed E-state index contributed by atoms with van der Waals surface area (Å²) in [5.74, 6) is -0.506. The Kier molecular flexibility index (Phi) is 5.02. The molecule has 0 aromatic carbocycles. The Labute approximate surface area is 107 Å². The molecule has 0 aliphatic carbocycles. The highest BCUT2D eigenvalue weighted by Gasteiger charge is 2.17. The predicted octanol–water partition coefficient (Wildman–Crippen LogP) is 3.16. The highest BCUT2D eigenvalue weighted by molar-refractivity contribution is 9.10. The number of hydrogen-bond donors (Lipinski definition) is 2. The molecule has 88 valence electrons. The van der Waals surface area contributed by atoms with E-state index in [9.17, 15) is 4.79 Å². The Morgan fingerprint density at radius 3 is 2.94 bits per heavy atom. The van der Waals surface area contributed by atoms with Gasteiger partial charge in [0.2, 0.25) is 0 Å². The van der Waals surface area contributed by atoms with Gasteiger partial charge in [0.25, 0.3) is 0 Å². The van der Waals surface area contributed by atoms with Gasteiger partial charge in [-0.1, -0.05) is 24.9 Å². The summed E-state index contributed by atoms with van der Waals surface area (Å²) in [6, 6.07) is 1.01. The Balaban J connectivity index is 2.81. The largest absolute Gasteiger partial charge is 0.480 e. The van der Waals surface area contributed by atoms with Crippen molar-refractivity contribution >= 4 is 39.3 Å². The number of anilines is 1. The molecule has 1 heterocycles. The number of nitrogens with zero attached hydrogens (tertiary/aromatic N) is 1. The van der Waals surface area contributed by atoms with E-state index in [0.717, 1.165) is 10.9 Å². The first-order chi connectivity index (χ1) is 7.54. The highest BCUT2D eigenvalue weighted by atomic mass is 79.9. The van der Waals surface area contributed by atoms with Crippen molar-refractivity contribution in [2.45, 2.75) is 25.8 Å². The number of carboxylic acids is 1. The van der Waals surface area contributed by atoms with E-state index >= 15 is 0 Å². The fourth-order valence-corrected chi connectivity index (χ4v) is 1.92. The maximum atomic E-state index is 10.9. The van der Waals surface area contributed by atoms with E-state index in [0.29, 0.717) is 17.3 Å². The second-order valence-corrected chi connectivity index (χ2v) is 4.63. The van der Waals surface area contributed by atoms with E-state index in [1.807, 2.05) is 6.92 Å². The monoisotopic (exact) mass is 306 g/mol. The lowest BCUT2D eigenvalue weighted by Gasteiger charge is -2.14. The van der Waals surface area contributed by atoms with Gasteiger partial charge in [-0.15, -0.1) is 0 Å². The third-order valence-electron chi connectivity index (χ3n) is 1.99. The van der Waals surface area contributed by atoms with Crippen molar-refractivity contribution < 1.29 is 9.90 Å². The fraction of sp³-hybridized carbons (Fsp3) is 0.400. The Morgan fingerprint density at radius 2 is 2.44 bits per heavy atom. The average Bonchev–Trinajstić information content (AvgIpc) is 2.20. The average molecular weight is 308 g/mol. The number of nitrogens with one attached hydrogen (secondary N) is 1. The molecule has 4 nitrogen and oxygen atoms in total. The Hall–Kier alpha value is -0.810. The number of carbonyl (C=O) groups is 1. The predicted molar refractivity (Wildman–Crippen MR) is 66.9 cm³/mol. The third kappa shape index (κ3) is 3.64. The minimum absolute atomic E-state index is 0.394. The normalized spacial score (nSPS) is 12.2. The Morgan fingerprint density at radius 1 is 1.75 bits per heavy atom. The van der Waals surface area contributed by atoms with Crippen LogP contribution in [-0.4, -0.2) is 22.1 Å². The lowest BCUT2D eigenvalue weighted by molar-refractivity contribution is -0.138. The molecule has 0 aliphatic heterocycles. The zero-order chi connectivity index (χ0) is 12.1. The van der Waals surface area contributed by atoms with Gasteiger partial charge in [0, 0.05) is 10.7 Å². The van der Waals surface area contributed by atoms with Crippen molar-refractivity contribution in [3.63, 3.8) is 0 Å². The van der Waals surface area contributed by atoms with Crippen LogP contribution in [0.4, 0.5) is 5.82 Å². The quantitative estimate of drug-likeness (QED) is 0.877. The molecule has 0 fully saturated rings. The summed E-state index contributed by atoms with van der Waals surface area (Å²) in [4.78, 5) is 15.0. The van der Waals surface area contributed by atoms with Crippen molar-refractivity contribution in [3.8, 4) is 0 Å². The van der Waals surface area contributed by atoms with E-state index in [1.54, 1.807) is 12.3 Å². The van der Waals surface area contributed by atoms with Crippen LogP contribution in [0.3, 0.4) is 0 Å². The number of rotatable bonds is 5. The van der Waals surface area contributed by atoms with Crippen LogP contribution in [-0.2, 0) is 4.79 Å². The molecule has 1 atom stereocenters. The van der Waals surface area contributed by atoms with Crippen molar-refractivity contribution in [2.75, 3.05) is 5.32 Å². The molecule has 0 radical (unpaired) electrons. The SMILES string of the molecule is CCCC(Nc1ncc(Br)cc1Cl)C(=O)O. The molecule has 0 saturated carbocycles. The minimum atomic E-state index is -0.900. The van der Waals surface area contributed by atoms with Crippen molar-refractivity contribution in [1.29, 1.82) is 0 Å². The van der Waals surface area contributed by atoms with Crippen LogP contribution in [0.1, 0.15) is 19.8 Å². The van der Waals surface area contributed by atoms with Crippen molar-refractivity contribution in [3.05, 3.63) is 21.8 Å². The van der Waals surface area contributed by atoms with Gasteiger partial charge in [-0.3, -0.25) is 0 Å². The summed E-state index contributed by atoms with van der Waals surface area (Å²) in [5.41, 5.74) is 0. The summed E-state index contributed by atoms with van der Waals surface area (Å²) in [5, 5.41) is 12.2. The molecular formula is C10H12BrClN2O2. The summed E-state index contributed by atoms with van der Waals surface area (Å²) in [7, 11) is 0. The number of carboxylic acid groups (broad SMARTS) is 1. The van der Waals surface area contributed by atoms with E-state index in [1.165, 1.54) is 0 Å². The summed E-state index contributed by atoms with van der Waals surface area (Å²) < 4.78 is 0.755. The first kappa shape index (κ1) is 13.3. The van der Waals surface area contributed by atoms with E-state index in [2.05, 4.69) is 26.2 Å². The molecule has 6 heteroatoms. The molecule has 1 rings (SSSR count). The lowest BCUT2D eigenvalue weighted by atomic mass is 10.2. The summed E-state index contributed by atoms with van der Waals surface area (Å²) >= 11 is 9.16. The third-order valence-corrected chi connectivity index (χ3v) is 2.72. The van der Waals surface area contributed by atoms with Crippen LogP contribution in [0.25, 0.3) is 0 Å². The van der Waals surface area contributed by atoms with Crippen LogP contribution in [0.2, 0.25) is 5.02 Å². The molecule has 0 aliphatic rings. The van der Waals surface area contributed by atoms with E-state index in [-0.39, 0.29) is 0 Å². The molecule has 1 unspecified atom stereocenters. The molecule has 2 N–H and O–H groups in total. The van der Waals surface area contributed by atoms with Gasteiger partial charge in [0.1, 0.15) is 11.9 Å². The molecule has 0 amide bonds. The number of pyridine rings is 1. The molecule has 1 aromatic rings. The smallest absolute Gasteiger partial charge is 0.326 e. The van der Waals surface area contributed by atoms with Crippen LogP contribution in [0.5, 0.6) is 0 Å². The second-order valence-electron chi connectivity index (χ2n) is 3.31. The van der Waals surface area contributed by atoms with Gasteiger partial charge in [-0.25, -0.2) is 9.78 Å². The number of aromatic nitrogens is 1. The minimum Gasteiger partial charge on any atom is -0.480 e. The van der Waals surface area contributed by atoms with Gasteiger partial charge < -0.3 is 10.4 Å². The summed E-state index contributed by atoms with van der Waals surface area (Å²) in [6.45, 7) is 1.92. The van der Waals surface area contributed by atoms with Crippen molar-refractivity contribution in [2.24, 2.45) is 0 Å². The summed E-state index contributed by atoms with van der Waals surface area (Å²) in [6.07, 6.45) is 2.88. The topological polar surface area (TPSA) is 62.2 Å². The molecule has 0 spiro atoms. The standard InChI is InChI=1S/C10H12BrClN2O2/c1-2-3-8(10(15)16)14-9-7(12)4-6(11)5-13-9/h4-5,8H,2-3H2,1H3,(H,13,14)(H,15,16). The van der Waals surface area contributed by atoms with Gasteiger partial charge in [0.05, 0.1) is 5.02 Å². The lowest BCUT2D eigenvalue weighted by Crippen LogP contribution is -2.29. The molecule has 0 bridgehead atoms. The zero-order valence-corrected chi connectivity index (χ0v) is 11.0. The van der Waals surface area contributed by atoms with Gasteiger partial charge in [-0.05, 0) is 28.4 Å². The van der Waals surface area contributed by atoms with Crippen LogP contribution >= 0.6 is 27.5 Å². The van der Waals surface area contributed by atoms with Crippen LogP contribution in [0, 0.1) is 0 Å². The van der Waals surface area contributed by atoms with Gasteiger partial charge in [0.15, 0.2) is 0 Å². The second kappa shape index (κ2) is 6.06. The molecule has 16 heavy (non-hydrogen) atoms. The first-order valence-electron chi connectivity index (χ1n) is 4.85. The number of hydrogen-bond acceptors (Lipinski definition) is 3. The fourth-order valence-electron chi connectivity index (χ4n) is 1.23. The van der Waals surface area contributed by atoms with E-state index < -0.39 is 12.0 Å². The maximum absolute atomic E-state index is 10.9. The van der Waals surface area contributed by atoms with Crippen LogP contribution < -0.4 is 5.32 Å². The first-order valence-corrected chi connectivity index (χ1v) is 6.02. The Bertz CT molecular complexity index is 387. The van der Waals surface area contributed by atoms with Crippen molar-refractivity contribution in [1.82, 2.24) is 4.98 Å². The maximum Gasteiger partial charge on any atom is 0.326 e. The molecule has 1 aromatic heterocycles. The van der Waals surface area contributed by atoms with E-state index in [4.69, 9.17) is 16.7 Å². The van der Waals surface area contributed by atoms with Crippen LogP contribution in [0.15, 0.2) is 16.7 Å². The highest BCUT2D eigenvalue weighted by Crippen LogP contribution is 2.23. The zero-order valence-electron chi connectivity index (χ0n) is 8.70. The van der Waals surface area contributed by atoms with Gasteiger partial charge >= 0.3 is 5.97 Å². The number of aliphatic carboxylic acids is 1.